The van der Waals surface area contributed by atoms with E-state index in [-0.39, 0.29) is 12.5 Å². The van der Waals surface area contributed by atoms with Gasteiger partial charge in [-0.05, 0) is 75.4 Å². The average Bonchev–Trinajstić information content (AvgIpc) is 3.23. The predicted molar refractivity (Wildman–Crippen MR) is 162 cm³/mol. The van der Waals surface area contributed by atoms with Gasteiger partial charge in [-0.15, -0.1) is 0 Å². The molecule has 216 valence electrons. The number of likely N-dealkylation sites (tertiary alicyclic amines) is 1. The monoisotopic (exact) mass is 574 g/mol. The molecule has 1 spiro atoms. The zero-order valence-corrected chi connectivity index (χ0v) is 24.5. The van der Waals surface area contributed by atoms with Crippen molar-refractivity contribution in [3.8, 4) is 11.1 Å². The SMILES string of the molecule is CN1C(=O)C2(CCC2)c2c1cnc1ccc(-c3cnc(N4CCC(N5CCCCC5)CC4)c(CN[SH](=O)=O)c3)cc21. The van der Waals surface area contributed by atoms with Gasteiger partial charge in [0, 0.05) is 61.0 Å². The summed E-state index contributed by atoms with van der Waals surface area (Å²) >= 11 is 0. The van der Waals surface area contributed by atoms with E-state index in [1.54, 1.807) is 4.90 Å². The van der Waals surface area contributed by atoms with Crippen LogP contribution in [0.15, 0.2) is 36.7 Å². The number of thiol groups is 1. The summed E-state index contributed by atoms with van der Waals surface area (Å²) in [6, 6.07) is 8.90. The maximum Gasteiger partial charge on any atom is 0.237 e. The Labute approximate surface area is 243 Å². The molecule has 3 aromatic rings. The lowest BCUT2D eigenvalue weighted by Crippen LogP contribution is -2.47. The molecule has 7 rings (SSSR count). The number of anilines is 2. The van der Waals surface area contributed by atoms with Gasteiger partial charge in [0.15, 0.2) is 0 Å². The van der Waals surface area contributed by atoms with Crippen LogP contribution in [-0.2, 0) is 27.6 Å². The Kier molecular flexibility index (Phi) is 6.95. The molecule has 2 saturated heterocycles. The third-order valence-electron chi connectivity index (χ3n) is 9.95. The van der Waals surface area contributed by atoms with Crippen molar-refractivity contribution < 1.29 is 13.2 Å². The van der Waals surface area contributed by atoms with E-state index < -0.39 is 16.3 Å². The molecule has 1 amide bonds. The van der Waals surface area contributed by atoms with E-state index in [2.05, 4.69) is 31.6 Å². The molecule has 4 aliphatic rings. The first-order chi connectivity index (χ1) is 19.9. The molecule has 0 radical (unpaired) electrons. The topological polar surface area (TPSA) is 98.7 Å². The second kappa shape index (κ2) is 10.6. The first-order valence-electron chi connectivity index (χ1n) is 15.0. The lowest BCUT2D eigenvalue weighted by Gasteiger charge is -2.41. The van der Waals surface area contributed by atoms with Crippen LogP contribution in [0.3, 0.4) is 0 Å². The van der Waals surface area contributed by atoms with E-state index in [0.717, 1.165) is 89.9 Å². The highest BCUT2D eigenvalue weighted by atomic mass is 32.2. The molecule has 0 atom stereocenters. The highest BCUT2D eigenvalue weighted by Gasteiger charge is 2.54. The number of rotatable bonds is 6. The van der Waals surface area contributed by atoms with Crippen LogP contribution < -0.4 is 14.5 Å². The quantitative estimate of drug-likeness (QED) is 0.433. The molecule has 3 fully saturated rings. The number of amides is 1. The van der Waals surface area contributed by atoms with E-state index in [1.807, 2.05) is 31.6 Å². The number of piperidine rings is 2. The van der Waals surface area contributed by atoms with E-state index in [0.29, 0.717) is 6.04 Å². The summed E-state index contributed by atoms with van der Waals surface area (Å²) in [7, 11) is -0.873. The largest absolute Gasteiger partial charge is 0.356 e. The molecular weight excluding hydrogens is 536 g/mol. The molecular formula is C31H38N6O3S. The fraction of sp³-hybridized carbons (Fsp3) is 0.516. The van der Waals surface area contributed by atoms with E-state index in [4.69, 9.17) is 4.98 Å². The van der Waals surface area contributed by atoms with Crippen LogP contribution in [-0.4, -0.2) is 68.5 Å². The van der Waals surface area contributed by atoms with Gasteiger partial charge in [0.1, 0.15) is 5.82 Å². The third-order valence-corrected chi connectivity index (χ3v) is 10.4. The Morgan fingerprint density at radius 2 is 1.73 bits per heavy atom. The Hall–Kier alpha value is -3.08. The summed E-state index contributed by atoms with van der Waals surface area (Å²) in [6.07, 6.45) is 12.7. The van der Waals surface area contributed by atoms with Gasteiger partial charge in [-0.3, -0.25) is 9.78 Å². The number of nitrogens with one attached hydrogen (secondary N) is 1. The van der Waals surface area contributed by atoms with Crippen LogP contribution in [0.1, 0.15) is 62.5 Å². The Balaban J connectivity index is 1.21. The molecule has 1 N–H and O–H groups in total. The number of pyridine rings is 2. The predicted octanol–water partition coefficient (Wildman–Crippen LogP) is 3.77. The number of likely N-dealkylation sites (N-methyl/N-ethyl adjacent to an activating group) is 1. The van der Waals surface area contributed by atoms with Crippen LogP contribution in [0.25, 0.3) is 22.0 Å². The summed E-state index contributed by atoms with van der Waals surface area (Å²) in [4.78, 5) is 29.6. The Morgan fingerprint density at radius 1 is 0.951 bits per heavy atom. The third kappa shape index (κ3) is 4.60. The van der Waals surface area contributed by atoms with Gasteiger partial charge in [0.05, 0.1) is 22.8 Å². The molecule has 10 heteroatoms. The van der Waals surface area contributed by atoms with Crippen molar-refractivity contribution in [1.29, 1.82) is 0 Å². The smallest absolute Gasteiger partial charge is 0.237 e. The molecule has 3 aliphatic heterocycles. The van der Waals surface area contributed by atoms with Gasteiger partial charge >= 0.3 is 0 Å². The number of benzene rings is 1. The van der Waals surface area contributed by atoms with Crippen molar-refractivity contribution in [1.82, 2.24) is 19.6 Å². The summed E-state index contributed by atoms with van der Waals surface area (Å²) in [5, 5.41) is 1.02. The Bertz CT molecular complexity index is 1560. The van der Waals surface area contributed by atoms with Crippen LogP contribution in [0.4, 0.5) is 11.5 Å². The number of hydrogen-bond acceptors (Lipinski definition) is 7. The summed E-state index contributed by atoms with van der Waals surface area (Å²) in [5.74, 6) is 1.03. The van der Waals surface area contributed by atoms with Crippen molar-refractivity contribution in [2.24, 2.45) is 0 Å². The summed E-state index contributed by atoms with van der Waals surface area (Å²) in [5.41, 5.74) is 5.25. The van der Waals surface area contributed by atoms with Crippen LogP contribution in [0, 0.1) is 0 Å². The van der Waals surface area contributed by atoms with E-state index >= 15 is 0 Å². The highest BCUT2D eigenvalue weighted by Crippen LogP contribution is 2.55. The van der Waals surface area contributed by atoms with Gasteiger partial charge in [-0.25, -0.2) is 18.1 Å². The van der Waals surface area contributed by atoms with Crippen LogP contribution in [0.2, 0.25) is 0 Å². The van der Waals surface area contributed by atoms with Crippen LogP contribution in [0.5, 0.6) is 0 Å². The maximum absolute atomic E-state index is 13.3. The van der Waals surface area contributed by atoms with Crippen molar-refractivity contribution in [2.45, 2.75) is 69.4 Å². The number of nitrogens with zero attached hydrogens (tertiary/aromatic N) is 5. The fourth-order valence-corrected chi connectivity index (χ4v) is 7.90. The fourth-order valence-electron chi connectivity index (χ4n) is 7.60. The minimum Gasteiger partial charge on any atom is -0.356 e. The summed E-state index contributed by atoms with van der Waals surface area (Å²) < 4.78 is 25.6. The molecule has 41 heavy (non-hydrogen) atoms. The molecule has 1 saturated carbocycles. The summed E-state index contributed by atoms with van der Waals surface area (Å²) in [6.45, 7) is 4.45. The molecule has 1 aliphatic carbocycles. The second-order valence-electron chi connectivity index (χ2n) is 12.2. The van der Waals surface area contributed by atoms with Crippen molar-refractivity contribution in [3.63, 3.8) is 0 Å². The Morgan fingerprint density at radius 3 is 2.44 bits per heavy atom. The van der Waals surface area contributed by atoms with E-state index in [1.165, 1.54) is 32.4 Å². The number of carbonyl (C=O) groups excluding carboxylic acids is 1. The van der Waals surface area contributed by atoms with Gasteiger partial charge in [0.2, 0.25) is 16.8 Å². The molecule has 9 nitrogen and oxygen atoms in total. The lowest BCUT2D eigenvalue weighted by molar-refractivity contribution is -0.125. The molecule has 5 heterocycles. The second-order valence-corrected chi connectivity index (χ2v) is 13.0. The molecule has 0 bridgehead atoms. The lowest BCUT2D eigenvalue weighted by atomic mass is 9.64. The minimum absolute atomic E-state index is 0.175. The van der Waals surface area contributed by atoms with Gasteiger partial charge in [0.25, 0.3) is 0 Å². The molecule has 1 aromatic carbocycles. The van der Waals surface area contributed by atoms with Crippen molar-refractivity contribution >= 4 is 39.2 Å². The molecule has 2 aromatic heterocycles. The highest BCUT2D eigenvalue weighted by molar-refractivity contribution is 7.70. The van der Waals surface area contributed by atoms with Crippen molar-refractivity contribution in [2.75, 3.05) is 43.0 Å². The number of carbonyl (C=O) groups is 1. The molecule has 0 unspecified atom stereocenters. The van der Waals surface area contributed by atoms with Gasteiger partial charge in [-0.2, -0.15) is 0 Å². The zero-order chi connectivity index (χ0) is 28.1. The van der Waals surface area contributed by atoms with Gasteiger partial charge in [-0.1, -0.05) is 18.9 Å². The zero-order valence-electron chi connectivity index (χ0n) is 23.6. The number of fused-ring (bicyclic) bond motifs is 4. The first-order valence-corrected chi connectivity index (χ1v) is 16.2. The van der Waals surface area contributed by atoms with Crippen molar-refractivity contribution in [3.05, 3.63) is 47.8 Å². The normalized spacial score (nSPS) is 21.2. The minimum atomic E-state index is -2.72. The number of hydrogen-bond donors (Lipinski definition) is 2. The van der Waals surface area contributed by atoms with E-state index in [9.17, 15) is 13.2 Å². The van der Waals surface area contributed by atoms with Crippen LogP contribution >= 0.6 is 0 Å². The first kappa shape index (κ1) is 26.8. The maximum atomic E-state index is 13.3. The van der Waals surface area contributed by atoms with Gasteiger partial charge < -0.3 is 14.7 Å². The average molecular weight is 575 g/mol. The standard InChI is InChI=1S/C31H38N6O3S/c1-35-27-20-32-26-7-6-21(17-25(26)28(27)31(30(35)38)10-5-11-31)22-16-23(19-34-41(39)40)29(33-18-22)37-14-8-24(9-15-37)36-12-3-2-4-13-36/h6-7,16-18,20,24,41H,2-5,8-15,19H2,1H3,(H,34,39,40). The number of aromatic nitrogens is 2.